The van der Waals surface area contributed by atoms with E-state index in [9.17, 15) is 4.79 Å². The van der Waals surface area contributed by atoms with Crippen LogP contribution in [0, 0.1) is 0 Å². The van der Waals surface area contributed by atoms with Gasteiger partial charge in [-0.2, -0.15) is 0 Å². The first-order valence-corrected chi connectivity index (χ1v) is 6.87. The number of rotatable bonds is 4. The monoisotopic (exact) mass is 288 g/mol. The van der Waals surface area contributed by atoms with E-state index in [0.717, 1.165) is 5.56 Å². The van der Waals surface area contributed by atoms with Crippen LogP contribution in [0.4, 0.5) is 5.69 Å². The molecule has 0 saturated heterocycles. The lowest BCUT2D eigenvalue weighted by atomic mass is 10.1. The Hall–Kier alpha value is -2.00. The summed E-state index contributed by atoms with van der Waals surface area (Å²) in [5.74, 6) is 0.00227. The number of nitrogens with zero attached hydrogens (tertiary/aromatic N) is 1. The molecule has 3 nitrogen and oxygen atoms in total. The van der Waals surface area contributed by atoms with Crippen molar-refractivity contribution in [1.29, 1.82) is 0 Å². The van der Waals surface area contributed by atoms with Gasteiger partial charge in [-0.3, -0.25) is 4.79 Å². The predicted octanol–water partition coefficient (Wildman–Crippen LogP) is 3.58. The van der Waals surface area contributed by atoms with Crippen LogP contribution in [0.5, 0.6) is 0 Å². The minimum absolute atomic E-state index is 0.00227. The maximum atomic E-state index is 12.4. The van der Waals surface area contributed by atoms with Crippen LogP contribution in [0.1, 0.15) is 22.8 Å². The van der Waals surface area contributed by atoms with Gasteiger partial charge in [0, 0.05) is 29.4 Å². The number of anilines is 1. The third kappa shape index (κ3) is 3.52. The van der Waals surface area contributed by atoms with Crippen molar-refractivity contribution in [3.8, 4) is 0 Å². The smallest absolute Gasteiger partial charge is 0.254 e. The highest BCUT2D eigenvalue weighted by Gasteiger charge is 2.14. The van der Waals surface area contributed by atoms with Crippen molar-refractivity contribution in [2.75, 3.05) is 12.3 Å². The molecule has 0 saturated carbocycles. The Morgan fingerprint density at radius 3 is 2.25 bits per heavy atom. The molecule has 1 amide bonds. The molecule has 0 aliphatic carbocycles. The van der Waals surface area contributed by atoms with Crippen molar-refractivity contribution < 1.29 is 4.79 Å². The molecule has 2 aromatic rings. The van der Waals surface area contributed by atoms with Crippen molar-refractivity contribution in [3.05, 3.63) is 64.7 Å². The molecule has 20 heavy (non-hydrogen) atoms. The predicted molar refractivity (Wildman–Crippen MR) is 82.7 cm³/mol. The fourth-order valence-corrected chi connectivity index (χ4v) is 2.07. The van der Waals surface area contributed by atoms with Crippen LogP contribution in [-0.2, 0) is 6.54 Å². The zero-order chi connectivity index (χ0) is 14.5. The molecule has 0 aliphatic heterocycles. The summed E-state index contributed by atoms with van der Waals surface area (Å²) in [5, 5.41) is 0.696. The third-order valence-electron chi connectivity index (χ3n) is 3.11. The Morgan fingerprint density at radius 2 is 1.70 bits per heavy atom. The number of carbonyl (C=O) groups is 1. The number of halogens is 1. The van der Waals surface area contributed by atoms with Crippen LogP contribution in [0.3, 0.4) is 0 Å². The highest BCUT2D eigenvalue weighted by atomic mass is 35.5. The molecule has 2 N–H and O–H groups in total. The molecule has 0 bridgehead atoms. The number of nitrogen functional groups attached to an aromatic ring is 1. The first kappa shape index (κ1) is 14.4. The lowest BCUT2D eigenvalue weighted by Gasteiger charge is -2.21. The van der Waals surface area contributed by atoms with Gasteiger partial charge >= 0.3 is 0 Å². The lowest BCUT2D eigenvalue weighted by Crippen LogP contribution is -2.30. The maximum Gasteiger partial charge on any atom is 0.254 e. The van der Waals surface area contributed by atoms with Gasteiger partial charge in [0.05, 0.1) is 0 Å². The molecule has 0 fully saturated rings. The molecule has 4 heteroatoms. The molecule has 0 spiro atoms. The average molecular weight is 289 g/mol. The quantitative estimate of drug-likeness (QED) is 0.874. The number of amides is 1. The standard InChI is InChI=1S/C16H17ClN2O/c1-2-19(11-12-3-7-14(17)8-4-12)16(20)13-5-9-15(18)10-6-13/h3-10H,2,11,18H2,1H3. The van der Waals surface area contributed by atoms with Gasteiger partial charge in [-0.1, -0.05) is 23.7 Å². The number of hydrogen-bond acceptors (Lipinski definition) is 2. The molecular formula is C16H17ClN2O. The topological polar surface area (TPSA) is 46.3 Å². The number of hydrogen-bond donors (Lipinski definition) is 1. The van der Waals surface area contributed by atoms with Crippen molar-refractivity contribution in [1.82, 2.24) is 4.90 Å². The molecule has 0 atom stereocenters. The van der Waals surface area contributed by atoms with Gasteiger partial charge in [0.25, 0.3) is 5.91 Å². The molecule has 0 heterocycles. The van der Waals surface area contributed by atoms with Crippen LogP contribution in [0.25, 0.3) is 0 Å². The van der Waals surface area contributed by atoms with E-state index in [1.54, 1.807) is 29.2 Å². The Kier molecular flexibility index (Phi) is 4.64. The van der Waals surface area contributed by atoms with Crippen LogP contribution in [0.15, 0.2) is 48.5 Å². The van der Waals surface area contributed by atoms with Gasteiger partial charge in [0.15, 0.2) is 0 Å². The second-order valence-electron chi connectivity index (χ2n) is 4.57. The van der Waals surface area contributed by atoms with Gasteiger partial charge in [-0.15, -0.1) is 0 Å². The number of benzene rings is 2. The Morgan fingerprint density at radius 1 is 1.10 bits per heavy atom. The fraction of sp³-hybridized carbons (Fsp3) is 0.188. The fourth-order valence-electron chi connectivity index (χ4n) is 1.95. The molecule has 104 valence electrons. The van der Waals surface area contributed by atoms with E-state index in [1.807, 2.05) is 31.2 Å². The Labute approximate surface area is 124 Å². The average Bonchev–Trinajstić information content (AvgIpc) is 2.47. The van der Waals surface area contributed by atoms with E-state index in [2.05, 4.69) is 0 Å². The Balaban J connectivity index is 2.13. The molecule has 2 aromatic carbocycles. The second-order valence-corrected chi connectivity index (χ2v) is 5.00. The van der Waals surface area contributed by atoms with Crippen LogP contribution >= 0.6 is 11.6 Å². The summed E-state index contributed by atoms with van der Waals surface area (Å²) in [6, 6.07) is 14.5. The third-order valence-corrected chi connectivity index (χ3v) is 3.37. The van der Waals surface area contributed by atoms with E-state index < -0.39 is 0 Å². The van der Waals surface area contributed by atoms with Crippen molar-refractivity contribution in [3.63, 3.8) is 0 Å². The highest BCUT2D eigenvalue weighted by molar-refractivity contribution is 6.30. The van der Waals surface area contributed by atoms with Gasteiger partial charge in [0.2, 0.25) is 0 Å². The van der Waals surface area contributed by atoms with Gasteiger partial charge in [-0.25, -0.2) is 0 Å². The first-order valence-electron chi connectivity index (χ1n) is 6.49. The minimum Gasteiger partial charge on any atom is -0.399 e. The minimum atomic E-state index is 0.00227. The summed E-state index contributed by atoms with van der Waals surface area (Å²) in [6.45, 7) is 3.17. The van der Waals surface area contributed by atoms with Crippen molar-refractivity contribution in [2.45, 2.75) is 13.5 Å². The highest BCUT2D eigenvalue weighted by Crippen LogP contribution is 2.14. The van der Waals surface area contributed by atoms with Crippen LogP contribution in [-0.4, -0.2) is 17.4 Å². The maximum absolute atomic E-state index is 12.4. The summed E-state index contributed by atoms with van der Waals surface area (Å²) in [6.07, 6.45) is 0. The summed E-state index contributed by atoms with van der Waals surface area (Å²) >= 11 is 5.86. The summed E-state index contributed by atoms with van der Waals surface area (Å²) < 4.78 is 0. The van der Waals surface area contributed by atoms with E-state index in [-0.39, 0.29) is 5.91 Å². The summed E-state index contributed by atoms with van der Waals surface area (Å²) in [7, 11) is 0. The van der Waals surface area contributed by atoms with E-state index in [0.29, 0.717) is 29.4 Å². The zero-order valence-corrected chi connectivity index (χ0v) is 12.1. The molecule has 2 rings (SSSR count). The van der Waals surface area contributed by atoms with Crippen molar-refractivity contribution in [2.24, 2.45) is 0 Å². The molecule has 0 unspecified atom stereocenters. The summed E-state index contributed by atoms with van der Waals surface area (Å²) in [4.78, 5) is 14.2. The van der Waals surface area contributed by atoms with Crippen LogP contribution in [0.2, 0.25) is 5.02 Å². The zero-order valence-electron chi connectivity index (χ0n) is 11.3. The summed E-state index contributed by atoms with van der Waals surface area (Å²) in [5.41, 5.74) is 7.99. The van der Waals surface area contributed by atoms with Crippen LogP contribution < -0.4 is 5.73 Å². The van der Waals surface area contributed by atoms with E-state index in [4.69, 9.17) is 17.3 Å². The van der Waals surface area contributed by atoms with Crippen molar-refractivity contribution >= 4 is 23.2 Å². The largest absolute Gasteiger partial charge is 0.399 e. The SMILES string of the molecule is CCN(Cc1ccc(Cl)cc1)C(=O)c1ccc(N)cc1. The normalized spacial score (nSPS) is 10.3. The molecular weight excluding hydrogens is 272 g/mol. The van der Waals surface area contributed by atoms with E-state index in [1.165, 1.54) is 0 Å². The van der Waals surface area contributed by atoms with Gasteiger partial charge in [0.1, 0.15) is 0 Å². The lowest BCUT2D eigenvalue weighted by molar-refractivity contribution is 0.0752. The van der Waals surface area contributed by atoms with Gasteiger partial charge < -0.3 is 10.6 Å². The molecule has 0 aromatic heterocycles. The molecule has 0 aliphatic rings. The van der Waals surface area contributed by atoms with Gasteiger partial charge in [-0.05, 0) is 48.9 Å². The number of nitrogens with two attached hydrogens (primary N) is 1. The first-order chi connectivity index (χ1) is 9.60. The van der Waals surface area contributed by atoms with E-state index >= 15 is 0 Å². The second kappa shape index (κ2) is 6.44. The molecule has 0 radical (unpaired) electrons. The number of carbonyl (C=O) groups excluding carboxylic acids is 1. The Bertz CT molecular complexity index is 578.